The number of esters is 1. The third-order valence-corrected chi connectivity index (χ3v) is 8.71. The van der Waals surface area contributed by atoms with Gasteiger partial charge in [-0.05, 0) is 87.1 Å². The number of fused-ring (bicyclic) bond motifs is 1. The lowest BCUT2D eigenvalue weighted by Gasteiger charge is -2.49. The van der Waals surface area contributed by atoms with E-state index in [0.717, 1.165) is 51.4 Å². The summed E-state index contributed by atoms with van der Waals surface area (Å²) in [6.45, 7) is 5.05. The lowest BCUT2D eigenvalue weighted by molar-refractivity contribution is -0.146. The summed E-state index contributed by atoms with van der Waals surface area (Å²) in [7, 11) is 3.22. The number of carbonyl (C=O) groups is 2. The summed E-state index contributed by atoms with van der Waals surface area (Å²) in [6, 6.07) is 5.84. The molecule has 0 radical (unpaired) electrons. The van der Waals surface area contributed by atoms with Gasteiger partial charge in [0.15, 0.2) is 0 Å². The molecule has 1 saturated carbocycles. The van der Waals surface area contributed by atoms with Gasteiger partial charge in [-0.15, -0.1) is 0 Å². The molecule has 7 nitrogen and oxygen atoms in total. The molecule has 3 rings (SSSR count). The highest BCUT2D eigenvalue weighted by atomic mass is 16.5. The molecule has 0 aliphatic heterocycles. The Balaban J connectivity index is 1.78. The van der Waals surface area contributed by atoms with Crippen molar-refractivity contribution in [1.29, 1.82) is 0 Å². The van der Waals surface area contributed by atoms with Crippen molar-refractivity contribution in [2.75, 3.05) is 20.8 Å². The smallest absolute Gasteiger partial charge is 0.308 e. The Bertz CT molecular complexity index is 861. The largest absolute Gasteiger partial charge is 0.469 e. The Kier molecular flexibility index (Phi) is 9.73. The average Bonchev–Trinajstić information content (AvgIpc) is 2.87. The van der Waals surface area contributed by atoms with E-state index in [1.54, 1.807) is 7.11 Å². The summed E-state index contributed by atoms with van der Waals surface area (Å²) in [6.07, 6.45) is 7.38. The van der Waals surface area contributed by atoms with E-state index in [1.165, 1.54) is 18.2 Å². The molecule has 0 bridgehead atoms. The third-order valence-electron chi connectivity index (χ3n) is 8.71. The van der Waals surface area contributed by atoms with E-state index >= 15 is 0 Å². The Morgan fingerprint density at radius 3 is 2.43 bits per heavy atom. The predicted molar refractivity (Wildman–Crippen MR) is 136 cm³/mol. The molecular formula is C28H44N2O5. The van der Waals surface area contributed by atoms with Gasteiger partial charge < -0.3 is 25.6 Å². The fourth-order valence-corrected chi connectivity index (χ4v) is 6.54. The van der Waals surface area contributed by atoms with E-state index in [-0.39, 0.29) is 35.6 Å². The summed E-state index contributed by atoms with van der Waals surface area (Å²) < 4.78 is 11.1. The van der Waals surface area contributed by atoms with Crippen molar-refractivity contribution >= 4 is 11.9 Å². The number of hydrogen-bond donors (Lipinski definition) is 3. The van der Waals surface area contributed by atoms with Crippen molar-refractivity contribution in [1.82, 2.24) is 5.32 Å². The Labute approximate surface area is 210 Å². The van der Waals surface area contributed by atoms with E-state index < -0.39 is 5.91 Å². The minimum Gasteiger partial charge on any atom is -0.469 e. The zero-order valence-corrected chi connectivity index (χ0v) is 21.8. The standard InChI is InChI=1S/C28H44N2O5/c1-5-28(6-2)23-16-20(26(29)32)10-9-19(23)17-24(34-3)25(28)30-14-13-21(27(33)35-4)15-18-7-11-22(31)12-8-18/h9-10,16,18,21-22,24-25,30-31H,5-8,11-15,17H2,1-4H3,(H2,29,32)/t18?,21?,22?,24-,25+/m0/s1. The van der Waals surface area contributed by atoms with Gasteiger partial charge in [-0.2, -0.15) is 0 Å². The maximum absolute atomic E-state index is 12.6. The van der Waals surface area contributed by atoms with E-state index in [0.29, 0.717) is 24.4 Å². The van der Waals surface area contributed by atoms with Crippen molar-refractivity contribution in [3.05, 3.63) is 34.9 Å². The number of carbonyl (C=O) groups excluding carboxylic acids is 2. The Morgan fingerprint density at radius 1 is 1.17 bits per heavy atom. The molecule has 2 aliphatic carbocycles. The van der Waals surface area contributed by atoms with Crippen LogP contribution in [0.1, 0.15) is 86.7 Å². The molecule has 1 aromatic rings. The van der Waals surface area contributed by atoms with Gasteiger partial charge in [-0.1, -0.05) is 19.9 Å². The highest BCUT2D eigenvalue weighted by Crippen LogP contribution is 2.44. The predicted octanol–water partition coefficient (Wildman–Crippen LogP) is 3.49. The molecule has 0 aromatic heterocycles. The number of benzene rings is 1. The topological polar surface area (TPSA) is 111 Å². The van der Waals surface area contributed by atoms with Crippen LogP contribution in [0.25, 0.3) is 0 Å². The second-order valence-corrected chi connectivity index (χ2v) is 10.4. The number of nitrogens with two attached hydrogens (primary N) is 1. The number of hydrogen-bond acceptors (Lipinski definition) is 6. The summed E-state index contributed by atoms with van der Waals surface area (Å²) >= 11 is 0. The number of primary amides is 1. The highest BCUT2D eigenvalue weighted by Gasteiger charge is 2.47. The van der Waals surface area contributed by atoms with Crippen molar-refractivity contribution in [3.63, 3.8) is 0 Å². The normalized spacial score (nSPS) is 26.5. The van der Waals surface area contributed by atoms with Crippen LogP contribution in [0.15, 0.2) is 18.2 Å². The fourth-order valence-electron chi connectivity index (χ4n) is 6.54. The highest BCUT2D eigenvalue weighted by molar-refractivity contribution is 5.93. The number of amides is 1. The maximum atomic E-state index is 12.6. The van der Waals surface area contributed by atoms with Crippen LogP contribution in [0.4, 0.5) is 0 Å². The lowest BCUT2D eigenvalue weighted by Crippen LogP contribution is -2.59. The van der Waals surface area contributed by atoms with E-state index in [2.05, 4.69) is 19.2 Å². The van der Waals surface area contributed by atoms with Crippen LogP contribution in [0, 0.1) is 11.8 Å². The van der Waals surface area contributed by atoms with Gasteiger partial charge in [0.25, 0.3) is 0 Å². The second kappa shape index (κ2) is 12.3. The van der Waals surface area contributed by atoms with Crippen molar-refractivity contribution < 1.29 is 24.2 Å². The SMILES string of the molecule is CCC1(CC)c2cc(C(N)=O)ccc2C[C@H](OC)[C@H]1NCCC(CC1CCC(O)CC1)C(=O)OC. The second-order valence-electron chi connectivity index (χ2n) is 10.4. The van der Waals surface area contributed by atoms with Crippen LogP contribution >= 0.6 is 0 Å². The van der Waals surface area contributed by atoms with Gasteiger partial charge in [-0.25, -0.2) is 0 Å². The molecule has 1 unspecified atom stereocenters. The molecule has 3 atom stereocenters. The first kappa shape index (κ1) is 27.6. The number of rotatable bonds is 11. The summed E-state index contributed by atoms with van der Waals surface area (Å²) in [5.74, 6) is -0.279. The number of ether oxygens (including phenoxy) is 2. The molecule has 0 heterocycles. The summed E-state index contributed by atoms with van der Waals surface area (Å²) in [5.41, 5.74) is 8.32. The lowest BCUT2D eigenvalue weighted by atomic mass is 9.62. The Morgan fingerprint density at radius 2 is 1.86 bits per heavy atom. The average molecular weight is 489 g/mol. The van der Waals surface area contributed by atoms with E-state index in [9.17, 15) is 14.7 Å². The first-order valence-corrected chi connectivity index (χ1v) is 13.2. The van der Waals surface area contributed by atoms with Crippen molar-refractivity contribution in [2.45, 2.75) is 95.3 Å². The van der Waals surface area contributed by atoms with Crippen molar-refractivity contribution in [2.24, 2.45) is 17.6 Å². The molecule has 1 aromatic carbocycles. The van der Waals surface area contributed by atoms with Gasteiger partial charge in [0.05, 0.1) is 25.2 Å². The zero-order chi connectivity index (χ0) is 25.6. The number of aliphatic hydroxyl groups is 1. The summed E-state index contributed by atoms with van der Waals surface area (Å²) in [5, 5.41) is 13.6. The van der Waals surface area contributed by atoms with Crippen LogP contribution in [0.5, 0.6) is 0 Å². The van der Waals surface area contributed by atoms with Crippen LogP contribution in [-0.4, -0.2) is 56.0 Å². The number of aliphatic hydroxyl groups excluding tert-OH is 1. The first-order valence-electron chi connectivity index (χ1n) is 13.2. The molecule has 1 amide bonds. The van der Waals surface area contributed by atoms with Gasteiger partial charge in [0.1, 0.15) is 0 Å². The first-order chi connectivity index (χ1) is 16.8. The van der Waals surface area contributed by atoms with Crippen LogP contribution in [-0.2, 0) is 26.1 Å². The van der Waals surface area contributed by atoms with Gasteiger partial charge >= 0.3 is 5.97 Å². The molecule has 0 saturated heterocycles. The maximum Gasteiger partial charge on any atom is 0.308 e. The minimum atomic E-state index is -0.413. The quantitative estimate of drug-likeness (QED) is 0.411. The number of methoxy groups -OCH3 is 2. The zero-order valence-electron chi connectivity index (χ0n) is 21.8. The Hall–Kier alpha value is -1.96. The van der Waals surface area contributed by atoms with Gasteiger partial charge in [-0.3, -0.25) is 9.59 Å². The molecule has 196 valence electrons. The van der Waals surface area contributed by atoms with E-state index in [4.69, 9.17) is 15.2 Å². The van der Waals surface area contributed by atoms with Gasteiger partial charge in [0.2, 0.25) is 5.91 Å². The molecular weight excluding hydrogens is 444 g/mol. The number of nitrogens with one attached hydrogen (secondary N) is 1. The molecule has 1 fully saturated rings. The van der Waals surface area contributed by atoms with Crippen LogP contribution < -0.4 is 11.1 Å². The van der Waals surface area contributed by atoms with Crippen molar-refractivity contribution in [3.8, 4) is 0 Å². The minimum absolute atomic E-state index is 0.0155. The van der Waals surface area contributed by atoms with E-state index in [1.807, 2.05) is 18.2 Å². The molecule has 2 aliphatic rings. The fraction of sp³-hybridized carbons (Fsp3) is 0.714. The molecule has 4 N–H and O–H groups in total. The molecule has 7 heteroatoms. The van der Waals surface area contributed by atoms with Gasteiger partial charge in [0, 0.05) is 30.6 Å². The molecule has 0 spiro atoms. The van der Waals surface area contributed by atoms with Crippen LogP contribution in [0.2, 0.25) is 0 Å². The molecule has 35 heavy (non-hydrogen) atoms. The third kappa shape index (κ3) is 6.07. The summed E-state index contributed by atoms with van der Waals surface area (Å²) in [4.78, 5) is 24.5. The monoisotopic (exact) mass is 488 g/mol. The van der Waals surface area contributed by atoms with Crippen LogP contribution in [0.3, 0.4) is 0 Å².